The molecule has 28 heavy (non-hydrogen) atoms. The normalized spacial score (nSPS) is 20.4. The van der Waals surface area contributed by atoms with Crippen molar-refractivity contribution in [3.63, 3.8) is 0 Å². The number of H-pyrrole nitrogens is 1. The Morgan fingerprint density at radius 2 is 1.68 bits per heavy atom. The molecule has 1 aliphatic heterocycles. The molecule has 1 saturated heterocycles. The van der Waals surface area contributed by atoms with Crippen molar-refractivity contribution in [1.82, 2.24) is 14.5 Å². The number of aromatic amines is 1. The standard InChI is InChI=1S/C24H23N3O/c28-24-25-20-9-1-2-10-21(20)27(24)18-11-13-26(14-12-18)22-15-17-7-3-5-16-6-4-8-19(22)23(16)17/h1-10,18,22H,11-15H2,(H,25,28)/t22-/m0/s1. The quantitative estimate of drug-likeness (QED) is 0.568. The summed E-state index contributed by atoms with van der Waals surface area (Å²) in [5.74, 6) is 0. The molecule has 2 aliphatic rings. The first-order chi connectivity index (χ1) is 13.8. The highest BCUT2D eigenvalue weighted by molar-refractivity contribution is 5.91. The summed E-state index contributed by atoms with van der Waals surface area (Å²) in [6.45, 7) is 2.07. The molecule has 6 rings (SSSR count). The predicted molar refractivity (Wildman–Crippen MR) is 113 cm³/mol. The van der Waals surface area contributed by atoms with Crippen LogP contribution in [0.25, 0.3) is 21.8 Å². The lowest BCUT2D eigenvalue weighted by molar-refractivity contribution is 0.137. The van der Waals surface area contributed by atoms with Crippen LogP contribution in [0.4, 0.5) is 0 Å². The van der Waals surface area contributed by atoms with E-state index < -0.39 is 0 Å². The van der Waals surface area contributed by atoms with Gasteiger partial charge in [0.05, 0.1) is 11.0 Å². The van der Waals surface area contributed by atoms with E-state index in [0.717, 1.165) is 43.4 Å². The number of hydrogen-bond acceptors (Lipinski definition) is 2. The smallest absolute Gasteiger partial charge is 0.306 e. The van der Waals surface area contributed by atoms with Crippen LogP contribution in [0.3, 0.4) is 0 Å². The molecule has 1 N–H and O–H groups in total. The third-order valence-electron chi connectivity index (χ3n) is 6.72. The predicted octanol–water partition coefficient (Wildman–Crippen LogP) is 4.42. The Hall–Kier alpha value is -2.85. The van der Waals surface area contributed by atoms with Gasteiger partial charge in [-0.25, -0.2) is 4.79 Å². The van der Waals surface area contributed by atoms with Crippen molar-refractivity contribution in [3.05, 3.63) is 82.3 Å². The van der Waals surface area contributed by atoms with E-state index in [4.69, 9.17) is 0 Å². The molecule has 1 fully saturated rings. The summed E-state index contributed by atoms with van der Waals surface area (Å²) in [5.41, 5.74) is 4.96. The highest BCUT2D eigenvalue weighted by Crippen LogP contribution is 2.41. The number of nitrogens with zero attached hydrogens (tertiary/aromatic N) is 2. The topological polar surface area (TPSA) is 41.0 Å². The van der Waals surface area contributed by atoms with E-state index in [1.165, 1.54) is 21.9 Å². The summed E-state index contributed by atoms with van der Waals surface area (Å²) < 4.78 is 1.98. The van der Waals surface area contributed by atoms with Crippen molar-refractivity contribution in [3.8, 4) is 0 Å². The number of hydrogen-bond donors (Lipinski definition) is 1. The van der Waals surface area contributed by atoms with Crippen molar-refractivity contribution in [1.29, 1.82) is 0 Å². The molecule has 0 radical (unpaired) electrons. The highest BCUT2D eigenvalue weighted by Gasteiger charge is 2.32. The first kappa shape index (κ1) is 16.1. The first-order valence-electron chi connectivity index (χ1n) is 10.2. The number of fused-ring (bicyclic) bond motifs is 1. The van der Waals surface area contributed by atoms with Crippen LogP contribution < -0.4 is 5.69 Å². The molecule has 4 nitrogen and oxygen atoms in total. The zero-order valence-corrected chi connectivity index (χ0v) is 15.8. The molecule has 2 heterocycles. The van der Waals surface area contributed by atoms with Crippen molar-refractivity contribution >= 4 is 21.8 Å². The zero-order valence-electron chi connectivity index (χ0n) is 15.8. The second-order valence-electron chi connectivity index (χ2n) is 8.17. The lowest BCUT2D eigenvalue weighted by Gasteiger charge is -2.36. The van der Waals surface area contributed by atoms with Crippen LogP contribution in [0.2, 0.25) is 0 Å². The van der Waals surface area contributed by atoms with E-state index in [1.807, 2.05) is 28.8 Å². The first-order valence-corrected chi connectivity index (χ1v) is 10.2. The molecule has 1 atom stereocenters. The molecule has 3 aromatic carbocycles. The summed E-state index contributed by atoms with van der Waals surface area (Å²) in [5, 5.41) is 2.82. The van der Waals surface area contributed by atoms with Crippen LogP contribution in [0.1, 0.15) is 36.1 Å². The van der Waals surface area contributed by atoms with Gasteiger partial charge in [0.25, 0.3) is 0 Å². The van der Waals surface area contributed by atoms with Crippen molar-refractivity contribution in [2.75, 3.05) is 13.1 Å². The Morgan fingerprint density at radius 3 is 2.54 bits per heavy atom. The fraction of sp³-hybridized carbons (Fsp3) is 0.292. The molecule has 1 aromatic heterocycles. The fourth-order valence-corrected chi connectivity index (χ4v) is 5.43. The Morgan fingerprint density at radius 1 is 0.893 bits per heavy atom. The molecule has 4 aromatic rings. The molecule has 0 spiro atoms. The summed E-state index contributed by atoms with van der Waals surface area (Å²) in [7, 11) is 0. The van der Waals surface area contributed by atoms with Crippen LogP contribution in [0.15, 0.2) is 65.5 Å². The minimum absolute atomic E-state index is 0.0256. The SMILES string of the molecule is O=c1[nH]c2ccccc2n1C1CCN([C@H]2Cc3cccc4cccc2c34)CC1. The van der Waals surface area contributed by atoms with Crippen molar-refractivity contribution in [2.24, 2.45) is 0 Å². The Bertz CT molecular complexity index is 1240. The van der Waals surface area contributed by atoms with Gasteiger partial charge in [-0.05, 0) is 53.3 Å². The molecule has 140 valence electrons. The summed E-state index contributed by atoms with van der Waals surface area (Å²) >= 11 is 0. The number of rotatable bonds is 2. The second kappa shape index (κ2) is 6.08. The maximum Gasteiger partial charge on any atom is 0.326 e. The second-order valence-corrected chi connectivity index (χ2v) is 8.17. The monoisotopic (exact) mass is 369 g/mol. The summed E-state index contributed by atoms with van der Waals surface area (Å²) in [4.78, 5) is 18.2. The molecule has 0 saturated carbocycles. The van der Waals surface area contributed by atoms with Gasteiger partial charge in [0.2, 0.25) is 0 Å². The third kappa shape index (κ3) is 2.31. The molecule has 0 bridgehead atoms. The Kier molecular flexibility index (Phi) is 3.50. The Labute approximate surface area is 163 Å². The number of para-hydroxylation sites is 2. The van der Waals surface area contributed by atoms with Crippen LogP contribution in [0, 0.1) is 0 Å². The van der Waals surface area contributed by atoms with E-state index in [0.29, 0.717) is 6.04 Å². The van der Waals surface area contributed by atoms with Gasteiger partial charge in [0.15, 0.2) is 0 Å². The van der Waals surface area contributed by atoms with E-state index in [-0.39, 0.29) is 11.7 Å². The number of benzene rings is 3. The van der Waals surface area contributed by atoms with Gasteiger partial charge in [-0.3, -0.25) is 9.47 Å². The lowest BCUT2D eigenvalue weighted by Crippen LogP contribution is -2.39. The highest BCUT2D eigenvalue weighted by atomic mass is 16.1. The average molecular weight is 369 g/mol. The number of nitrogens with one attached hydrogen (secondary N) is 1. The largest absolute Gasteiger partial charge is 0.326 e. The van der Waals surface area contributed by atoms with E-state index in [9.17, 15) is 4.79 Å². The molecular weight excluding hydrogens is 346 g/mol. The van der Waals surface area contributed by atoms with Gasteiger partial charge in [-0.15, -0.1) is 0 Å². The maximum absolute atomic E-state index is 12.5. The van der Waals surface area contributed by atoms with Gasteiger partial charge in [-0.2, -0.15) is 0 Å². The van der Waals surface area contributed by atoms with Crippen LogP contribution in [0.5, 0.6) is 0 Å². The van der Waals surface area contributed by atoms with Crippen LogP contribution >= 0.6 is 0 Å². The number of likely N-dealkylation sites (tertiary alicyclic amines) is 1. The van der Waals surface area contributed by atoms with Crippen LogP contribution in [-0.4, -0.2) is 27.5 Å². The molecule has 0 amide bonds. The van der Waals surface area contributed by atoms with E-state index in [2.05, 4.69) is 46.3 Å². The molecule has 4 heteroatoms. The average Bonchev–Trinajstić information content (AvgIpc) is 3.27. The van der Waals surface area contributed by atoms with Crippen LogP contribution in [-0.2, 0) is 6.42 Å². The maximum atomic E-state index is 12.5. The number of piperidine rings is 1. The fourth-order valence-electron chi connectivity index (χ4n) is 5.43. The summed E-state index contributed by atoms with van der Waals surface area (Å²) in [6.07, 6.45) is 3.14. The lowest BCUT2D eigenvalue weighted by atomic mass is 9.99. The van der Waals surface area contributed by atoms with Gasteiger partial charge in [0.1, 0.15) is 0 Å². The van der Waals surface area contributed by atoms with Gasteiger partial charge < -0.3 is 4.98 Å². The van der Waals surface area contributed by atoms with Gasteiger partial charge in [0, 0.05) is 25.2 Å². The van der Waals surface area contributed by atoms with Crippen molar-refractivity contribution in [2.45, 2.75) is 31.3 Å². The molecular formula is C24H23N3O. The van der Waals surface area contributed by atoms with Crippen molar-refractivity contribution < 1.29 is 0 Å². The van der Waals surface area contributed by atoms with E-state index in [1.54, 1.807) is 0 Å². The summed E-state index contributed by atoms with van der Waals surface area (Å²) in [6, 6.07) is 22.2. The van der Waals surface area contributed by atoms with E-state index >= 15 is 0 Å². The Balaban J connectivity index is 1.27. The zero-order chi connectivity index (χ0) is 18.7. The third-order valence-corrected chi connectivity index (χ3v) is 6.72. The number of imidazole rings is 1. The molecule has 1 aliphatic carbocycles. The minimum Gasteiger partial charge on any atom is -0.306 e. The minimum atomic E-state index is 0.0256. The number of aromatic nitrogens is 2. The van der Waals surface area contributed by atoms with Gasteiger partial charge >= 0.3 is 5.69 Å². The molecule has 0 unspecified atom stereocenters. The van der Waals surface area contributed by atoms with Gasteiger partial charge in [-0.1, -0.05) is 48.5 Å².